The molecule has 234 valence electrons. The predicted octanol–water partition coefficient (Wildman–Crippen LogP) is 6.14. The molecule has 1 saturated heterocycles. The lowest BCUT2D eigenvalue weighted by molar-refractivity contribution is -0.384. The number of nitro benzene ring substituents is 1. The van der Waals surface area contributed by atoms with Gasteiger partial charge >= 0.3 is 0 Å². The summed E-state index contributed by atoms with van der Waals surface area (Å²) in [6.07, 6.45) is 1.95. The molecule has 1 aliphatic heterocycles. The summed E-state index contributed by atoms with van der Waals surface area (Å²) < 4.78 is 7.36. The van der Waals surface area contributed by atoms with Crippen molar-refractivity contribution >= 4 is 40.9 Å². The van der Waals surface area contributed by atoms with Crippen LogP contribution >= 0.6 is 23.4 Å². The summed E-state index contributed by atoms with van der Waals surface area (Å²) >= 11 is 7.79. The molecule has 3 aromatic carbocycles. The number of thioether (sulfide) groups is 1. The first-order chi connectivity index (χ1) is 21.8. The van der Waals surface area contributed by atoms with Crippen molar-refractivity contribution in [3.8, 4) is 22.8 Å². The number of carbonyl (C=O) groups is 2. The second-order valence-corrected chi connectivity index (χ2v) is 12.1. The summed E-state index contributed by atoms with van der Waals surface area (Å²) in [5, 5.41) is 20.8. The van der Waals surface area contributed by atoms with Crippen molar-refractivity contribution in [1.29, 1.82) is 0 Å². The van der Waals surface area contributed by atoms with Crippen molar-refractivity contribution < 1.29 is 19.2 Å². The zero-order chi connectivity index (χ0) is 31.9. The molecule has 1 aliphatic rings. The maximum Gasteiger partial charge on any atom is 0.270 e. The van der Waals surface area contributed by atoms with Crippen LogP contribution in [0.2, 0.25) is 5.02 Å². The number of unbranched alkanes of at least 4 members (excludes halogenated alkanes) is 1. The SMILES string of the molecule is COc1ccc(-n2c(SCCCCC(=O)N3CCN(C(=O)c4ccc([N+](=O)[O-])cc4Cl)C(C)C3)nnc2-c2ccccc2)cc1. The quantitative estimate of drug-likeness (QED) is 0.0822. The summed E-state index contributed by atoms with van der Waals surface area (Å²) in [5.74, 6) is 2.04. The number of amides is 2. The Kier molecular flexibility index (Phi) is 10.4. The minimum absolute atomic E-state index is 0.0383. The number of methoxy groups -OCH3 is 1. The Balaban J connectivity index is 1.13. The van der Waals surface area contributed by atoms with E-state index in [-0.39, 0.29) is 34.1 Å². The molecule has 0 N–H and O–H groups in total. The van der Waals surface area contributed by atoms with Crippen LogP contribution in [0.15, 0.2) is 78.0 Å². The van der Waals surface area contributed by atoms with Crippen LogP contribution in [0, 0.1) is 10.1 Å². The Morgan fingerprint density at radius 1 is 1.04 bits per heavy atom. The van der Waals surface area contributed by atoms with Crippen molar-refractivity contribution in [2.75, 3.05) is 32.5 Å². The summed E-state index contributed by atoms with van der Waals surface area (Å²) in [5.41, 5.74) is 1.93. The molecule has 2 heterocycles. The number of nitro groups is 1. The molecule has 1 unspecified atom stereocenters. The standard InChI is InChI=1S/C32H33ClN6O5S/c1-22-21-36(17-18-37(22)31(41)27-16-13-25(39(42)43)20-28(27)33)29(40)10-6-7-19-45-32-35-34-30(23-8-4-3-5-9-23)38(32)24-11-14-26(44-2)15-12-24/h3-5,8-9,11-16,20,22H,6-7,10,17-19,21H2,1-2H3. The lowest BCUT2D eigenvalue weighted by atomic mass is 10.1. The number of nitrogens with zero attached hydrogens (tertiary/aromatic N) is 6. The average Bonchev–Trinajstić information content (AvgIpc) is 3.48. The van der Waals surface area contributed by atoms with Crippen LogP contribution in [0.3, 0.4) is 0 Å². The monoisotopic (exact) mass is 648 g/mol. The molecule has 2 amide bonds. The van der Waals surface area contributed by atoms with E-state index in [0.717, 1.165) is 46.6 Å². The van der Waals surface area contributed by atoms with E-state index in [1.807, 2.05) is 66.1 Å². The third-order valence-electron chi connectivity index (χ3n) is 7.65. The minimum Gasteiger partial charge on any atom is -0.497 e. The van der Waals surface area contributed by atoms with Gasteiger partial charge in [-0.1, -0.05) is 53.7 Å². The number of aromatic nitrogens is 3. The van der Waals surface area contributed by atoms with E-state index in [0.29, 0.717) is 26.1 Å². The van der Waals surface area contributed by atoms with Gasteiger partial charge in [0, 0.05) is 61.2 Å². The largest absolute Gasteiger partial charge is 0.497 e. The van der Waals surface area contributed by atoms with Gasteiger partial charge in [0.2, 0.25) is 5.91 Å². The normalized spacial score (nSPS) is 14.8. The predicted molar refractivity (Wildman–Crippen MR) is 173 cm³/mol. The molecule has 0 saturated carbocycles. The molecule has 11 nitrogen and oxygen atoms in total. The highest BCUT2D eigenvalue weighted by molar-refractivity contribution is 7.99. The smallest absolute Gasteiger partial charge is 0.270 e. The van der Waals surface area contributed by atoms with Crippen LogP contribution < -0.4 is 4.74 Å². The fourth-order valence-electron chi connectivity index (χ4n) is 5.23. The second kappa shape index (κ2) is 14.6. The molecule has 45 heavy (non-hydrogen) atoms. The molecule has 0 aliphatic carbocycles. The van der Waals surface area contributed by atoms with Gasteiger partial charge < -0.3 is 14.5 Å². The summed E-state index contributed by atoms with van der Waals surface area (Å²) in [7, 11) is 1.64. The maximum absolute atomic E-state index is 13.1. The minimum atomic E-state index is -0.553. The number of benzene rings is 3. The van der Waals surface area contributed by atoms with Gasteiger partial charge in [0.25, 0.3) is 11.6 Å². The van der Waals surface area contributed by atoms with Crippen LogP contribution in [0.5, 0.6) is 5.75 Å². The lowest BCUT2D eigenvalue weighted by Gasteiger charge is -2.40. The van der Waals surface area contributed by atoms with Crippen LogP contribution in [0.25, 0.3) is 17.1 Å². The van der Waals surface area contributed by atoms with Crippen LogP contribution in [-0.2, 0) is 4.79 Å². The summed E-state index contributed by atoms with van der Waals surface area (Å²) in [6.45, 7) is 3.08. The van der Waals surface area contributed by atoms with E-state index in [1.54, 1.807) is 28.7 Å². The molecule has 1 fully saturated rings. The molecular formula is C32H33ClN6O5S. The van der Waals surface area contributed by atoms with E-state index in [2.05, 4.69) is 10.2 Å². The van der Waals surface area contributed by atoms with E-state index < -0.39 is 4.92 Å². The average molecular weight is 649 g/mol. The molecule has 0 spiro atoms. The summed E-state index contributed by atoms with van der Waals surface area (Å²) in [6, 6.07) is 21.3. The van der Waals surface area contributed by atoms with Gasteiger partial charge in [-0.25, -0.2) is 0 Å². The van der Waals surface area contributed by atoms with Crippen molar-refractivity contribution in [2.45, 2.75) is 37.4 Å². The fraction of sp³-hybridized carbons (Fsp3) is 0.312. The Labute approximate surface area is 270 Å². The fourth-order valence-corrected chi connectivity index (χ4v) is 6.44. The highest BCUT2D eigenvalue weighted by Gasteiger charge is 2.31. The Morgan fingerprint density at radius 2 is 1.80 bits per heavy atom. The Hall–Kier alpha value is -4.42. The van der Waals surface area contributed by atoms with Gasteiger partial charge in [-0.15, -0.1) is 10.2 Å². The molecule has 5 rings (SSSR count). The zero-order valence-electron chi connectivity index (χ0n) is 25.0. The number of hydrogen-bond donors (Lipinski definition) is 0. The maximum atomic E-state index is 13.1. The first kappa shape index (κ1) is 32.0. The van der Waals surface area contributed by atoms with Gasteiger partial charge in [0.1, 0.15) is 5.75 Å². The van der Waals surface area contributed by atoms with Gasteiger partial charge in [0.05, 0.1) is 22.6 Å². The van der Waals surface area contributed by atoms with Crippen molar-refractivity contribution in [3.63, 3.8) is 0 Å². The topological polar surface area (TPSA) is 124 Å². The summed E-state index contributed by atoms with van der Waals surface area (Å²) in [4.78, 5) is 40.1. The molecule has 0 radical (unpaired) electrons. The van der Waals surface area contributed by atoms with Crippen molar-refractivity contribution in [1.82, 2.24) is 24.6 Å². The van der Waals surface area contributed by atoms with Crippen LogP contribution in [0.4, 0.5) is 5.69 Å². The molecular weight excluding hydrogens is 616 g/mol. The van der Waals surface area contributed by atoms with Crippen LogP contribution in [-0.4, -0.2) is 79.8 Å². The zero-order valence-corrected chi connectivity index (χ0v) is 26.5. The number of rotatable bonds is 11. The number of carbonyl (C=O) groups excluding carboxylic acids is 2. The highest BCUT2D eigenvalue weighted by atomic mass is 35.5. The Morgan fingerprint density at radius 3 is 2.47 bits per heavy atom. The first-order valence-electron chi connectivity index (χ1n) is 14.6. The highest BCUT2D eigenvalue weighted by Crippen LogP contribution is 2.30. The van der Waals surface area contributed by atoms with E-state index >= 15 is 0 Å². The molecule has 4 aromatic rings. The number of hydrogen-bond acceptors (Lipinski definition) is 8. The molecule has 1 atom stereocenters. The van der Waals surface area contributed by atoms with Gasteiger partial charge in [-0.2, -0.15) is 0 Å². The van der Waals surface area contributed by atoms with Crippen LogP contribution in [0.1, 0.15) is 36.5 Å². The van der Waals surface area contributed by atoms with E-state index in [1.165, 1.54) is 18.2 Å². The third-order valence-corrected chi connectivity index (χ3v) is 8.97. The van der Waals surface area contributed by atoms with Gasteiger partial charge in [-0.3, -0.25) is 24.3 Å². The van der Waals surface area contributed by atoms with Gasteiger partial charge in [0.15, 0.2) is 11.0 Å². The first-order valence-corrected chi connectivity index (χ1v) is 15.9. The Bertz CT molecular complexity index is 1670. The molecule has 13 heteroatoms. The van der Waals surface area contributed by atoms with Gasteiger partial charge in [-0.05, 0) is 50.1 Å². The van der Waals surface area contributed by atoms with E-state index in [9.17, 15) is 19.7 Å². The molecule has 0 bridgehead atoms. The second-order valence-electron chi connectivity index (χ2n) is 10.6. The third kappa shape index (κ3) is 7.46. The number of ether oxygens (including phenoxy) is 1. The molecule has 1 aromatic heterocycles. The number of non-ortho nitro benzene ring substituents is 1. The van der Waals surface area contributed by atoms with Crippen molar-refractivity contribution in [3.05, 3.63) is 93.5 Å². The van der Waals surface area contributed by atoms with Crippen molar-refractivity contribution in [2.24, 2.45) is 0 Å². The lowest BCUT2D eigenvalue weighted by Crippen LogP contribution is -2.55. The number of halogens is 1. The number of piperazine rings is 1. The van der Waals surface area contributed by atoms with E-state index in [4.69, 9.17) is 16.3 Å².